The topological polar surface area (TPSA) is 83.0 Å². The zero-order chi connectivity index (χ0) is 14.8. The van der Waals surface area contributed by atoms with Gasteiger partial charge in [-0.3, -0.25) is 14.5 Å². The van der Waals surface area contributed by atoms with E-state index in [2.05, 4.69) is 38.7 Å². The predicted octanol–water partition coefficient (Wildman–Crippen LogP) is 1.44. The Morgan fingerprint density at radius 2 is 2.11 bits per heavy atom. The first-order valence-electron chi connectivity index (χ1n) is 6.31. The molecule has 1 fully saturated rings. The average molecular weight is 283 g/mol. The molecule has 2 amide bonds. The second kappa shape index (κ2) is 5.36. The molecule has 0 aromatic heterocycles. The Labute approximate surface area is 114 Å². The van der Waals surface area contributed by atoms with E-state index in [1.54, 1.807) is 0 Å². The fraction of sp³-hybridized carbons (Fsp3) is 0.750. The molecule has 6 nitrogen and oxygen atoms in total. The molecule has 19 heavy (non-hydrogen) atoms. The first-order chi connectivity index (χ1) is 8.60. The third kappa shape index (κ3) is 3.37. The summed E-state index contributed by atoms with van der Waals surface area (Å²) in [4.78, 5) is 27.3. The third-order valence-electron chi connectivity index (χ3n) is 3.83. The maximum absolute atomic E-state index is 12.1. The van der Waals surface area contributed by atoms with Gasteiger partial charge in [0.2, 0.25) is 0 Å². The van der Waals surface area contributed by atoms with Crippen LogP contribution in [-0.2, 0) is 14.0 Å². The normalized spacial score (nSPS) is 20.4. The maximum Gasteiger partial charge on any atom is 0.345 e. The Kier molecular flexibility index (Phi) is 4.45. The van der Waals surface area contributed by atoms with Gasteiger partial charge in [0, 0.05) is 6.54 Å². The lowest BCUT2D eigenvalue weighted by Gasteiger charge is -2.37. The highest BCUT2D eigenvalue weighted by atomic mass is 28.4. The Morgan fingerprint density at radius 3 is 2.58 bits per heavy atom. The van der Waals surface area contributed by atoms with E-state index in [1.807, 2.05) is 0 Å². The highest BCUT2D eigenvalue weighted by Crippen LogP contribution is 2.38. The molecule has 0 radical (unpaired) electrons. The summed E-state index contributed by atoms with van der Waals surface area (Å²) in [6, 6.07) is 0. The molecule has 1 heterocycles. The monoisotopic (exact) mass is 283 g/mol. The largest absolute Gasteiger partial charge is 0.405 e. The molecule has 0 aromatic carbocycles. The highest BCUT2D eigenvalue weighted by molar-refractivity contribution is 6.74. The molecular formula is C12H21N3O3Si. The van der Waals surface area contributed by atoms with Crippen LogP contribution in [0, 0.1) is 0 Å². The molecule has 0 saturated carbocycles. The van der Waals surface area contributed by atoms with Crippen LogP contribution in [0.15, 0.2) is 0 Å². The van der Waals surface area contributed by atoms with Crippen molar-refractivity contribution in [3.05, 3.63) is 5.53 Å². The smallest absolute Gasteiger partial charge is 0.345 e. The van der Waals surface area contributed by atoms with Crippen molar-refractivity contribution in [1.29, 1.82) is 0 Å². The molecular weight excluding hydrogens is 262 g/mol. The number of hydrogen-bond donors (Lipinski definition) is 0. The molecule has 7 heteroatoms. The van der Waals surface area contributed by atoms with E-state index in [1.165, 1.54) is 0 Å². The second-order valence-electron chi connectivity index (χ2n) is 6.23. The van der Waals surface area contributed by atoms with Crippen LogP contribution < -0.4 is 0 Å². The lowest BCUT2D eigenvalue weighted by molar-refractivity contribution is -0.142. The van der Waals surface area contributed by atoms with Crippen molar-refractivity contribution < 1.29 is 18.8 Å². The van der Waals surface area contributed by atoms with Gasteiger partial charge in [-0.15, -0.1) is 0 Å². The molecule has 0 unspecified atom stereocenters. The number of amides is 2. The Morgan fingerprint density at radius 1 is 1.53 bits per heavy atom. The lowest BCUT2D eigenvalue weighted by Crippen LogP contribution is -2.46. The van der Waals surface area contributed by atoms with Crippen molar-refractivity contribution in [3.8, 4) is 0 Å². The number of carbonyl (C=O) groups excluding carboxylic acids is 2. The summed E-state index contributed by atoms with van der Waals surface area (Å²) in [7, 11) is -2.04. The molecule has 1 rings (SSSR count). The van der Waals surface area contributed by atoms with Crippen LogP contribution in [0.5, 0.6) is 0 Å². The fourth-order valence-corrected chi connectivity index (χ4v) is 2.92. The van der Waals surface area contributed by atoms with Crippen molar-refractivity contribution in [3.63, 3.8) is 0 Å². The molecule has 0 aliphatic carbocycles. The van der Waals surface area contributed by atoms with Crippen LogP contribution >= 0.6 is 0 Å². The standard InChI is InChI=1S/C12H21N3O3Si/c1-12(2,3)19(4,5)18-9-6-7-15(11(9)17)10(16)8-14-13/h8-9H,6-7H2,1-5H3/t9-/m0/s1. The third-order valence-corrected chi connectivity index (χ3v) is 8.32. The Hall–Kier alpha value is -1.30. The van der Waals surface area contributed by atoms with Gasteiger partial charge < -0.3 is 9.96 Å². The van der Waals surface area contributed by atoms with Crippen LogP contribution in [0.25, 0.3) is 5.53 Å². The number of imide groups is 1. The van der Waals surface area contributed by atoms with E-state index in [-0.39, 0.29) is 10.9 Å². The van der Waals surface area contributed by atoms with E-state index in [4.69, 9.17) is 9.96 Å². The van der Waals surface area contributed by atoms with Gasteiger partial charge in [-0.05, 0) is 24.6 Å². The quantitative estimate of drug-likeness (QED) is 0.340. The minimum Gasteiger partial charge on any atom is -0.405 e. The van der Waals surface area contributed by atoms with Gasteiger partial charge in [0.15, 0.2) is 8.32 Å². The van der Waals surface area contributed by atoms with Crippen LogP contribution in [0.3, 0.4) is 0 Å². The summed E-state index contributed by atoms with van der Waals surface area (Å²) >= 11 is 0. The molecule has 0 bridgehead atoms. The van der Waals surface area contributed by atoms with Gasteiger partial charge in [0.1, 0.15) is 6.10 Å². The molecule has 1 atom stereocenters. The zero-order valence-electron chi connectivity index (χ0n) is 12.1. The lowest BCUT2D eigenvalue weighted by atomic mass is 10.2. The Bertz CT molecular complexity index is 436. The molecule has 106 valence electrons. The van der Waals surface area contributed by atoms with E-state index >= 15 is 0 Å². The number of hydrogen-bond acceptors (Lipinski definition) is 3. The summed E-state index contributed by atoms with van der Waals surface area (Å²) in [5.41, 5.74) is 8.33. The molecule has 1 aliphatic rings. The maximum atomic E-state index is 12.1. The summed E-state index contributed by atoms with van der Waals surface area (Å²) in [5, 5.41) is 0.0112. The SMILES string of the molecule is CC(C)(C)[Si](C)(C)O[C@H]1CCN(C(=O)C=[N+]=[N-])C1=O. The van der Waals surface area contributed by atoms with Crippen molar-refractivity contribution in [2.45, 2.75) is 51.4 Å². The van der Waals surface area contributed by atoms with Crippen molar-refractivity contribution in [2.24, 2.45) is 0 Å². The number of rotatable bonds is 3. The molecule has 1 saturated heterocycles. The first-order valence-corrected chi connectivity index (χ1v) is 9.21. The van der Waals surface area contributed by atoms with Gasteiger partial charge in [0.25, 0.3) is 5.91 Å². The summed E-state index contributed by atoms with van der Waals surface area (Å²) in [6.45, 7) is 10.7. The minimum atomic E-state index is -2.04. The van der Waals surface area contributed by atoms with Gasteiger partial charge in [-0.25, -0.2) is 0 Å². The van der Waals surface area contributed by atoms with E-state index in [0.717, 1.165) is 11.1 Å². The predicted molar refractivity (Wildman–Crippen MR) is 73.1 cm³/mol. The van der Waals surface area contributed by atoms with Crippen molar-refractivity contribution in [2.75, 3.05) is 6.54 Å². The zero-order valence-corrected chi connectivity index (χ0v) is 13.1. The van der Waals surface area contributed by atoms with E-state index in [9.17, 15) is 9.59 Å². The van der Waals surface area contributed by atoms with Gasteiger partial charge in [0.05, 0.1) is 0 Å². The molecule has 0 N–H and O–H groups in total. The minimum absolute atomic E-state index is 0.0112. The van der Waals surface area contributed by atoms with Gasteiger partial charge in [-0.2, -0.15) is 4.79 Å². The van der Waals surface area contributed by atoms with Crippen molar-refractivity contribution in [1.82, 2.24) is 4.90 Å². The summed E-state index contributed by atoms with van der Waals surface area (Å²) in [5.74, 6) is -0.941. The molecule has 0 spiro atoms. The van der Waals surface area contributed by atoms with Gasteiger partial charge in [-0.1, -0.05) is 20.8 Å². The van der Waals surface area contributed by atoms with Crippen LogP contribution in [0.1, 0.15) is 27.2 Å². The van der Waals surface area contributed by atoms with Crippen LogP contribution in [0.4, 0.5) is 0 Å². The Balaban J connectivity index is 2.77. The van der Waals surface area contributed by atoms with E-state index in [0.29, 0.717) is 13.0 Å². The number of nitrogens with zero attached hydrogens (tertiary/aromatic N) is 3. The van der Waals surface area contributed by atoms with Crippen LogP contribution in [-0.4, -0.2) is 48.7 Å². The highest BCUT2D eigenvalue weighted by Gasteiger charge is 2.44. The first kappa shape index (κ1) is 15.8. The summed E-state index contributed by atoms with van der Waals surface area (Å²) < 4.78 is 6.02. The fourth-order valence-electron chi connectivity index (χ4n) is 1.63. The van der Waals surface area contributed by atoms with E-state index < -0.39 is 20.3 Å². The summed E-state index contributed by atoms with van der Waals surface area (Å²) in [6.07, 6.45) is 0.667. The number of likely N-dealkylation sites (tertiary alicyclic amines) is 1. The second-order valence-corrected chi connectivity index (χ2v) is 11.0. The molecule has 0 aromatic rings. The van der Waals surface area contributed by atoms with Crippen LogP contribution in [0.2, 0.25) is 18.1 Å². The average Bonchev–Trinajstić information content (AvgIpc) is 2.59. The molecule has 1 aliphatic heterocycles. The number of carbonyl (C=O) groups is 2. The van der Waals surface area contributed by atoms with Gasteiger partial charge >= 0.3 is 12.1 Å². The van der Waals surface area contributed by atoms with Crippen molar-refractivity contribution >= 4 is 26.3 Å².